The second-order valence-electron chi connectivity index (χ2n) is 9.97. The maximum atomic E-state index is 12.8. The van der Waals surface area contributed by atoms with Gasteiger partial charge >= 0.3 is 0 Å². The molecule has 4 rings (SSSR count). The van der Waals surface area contributed by atoms with Crippen LogP contribution < -0.4 is 5.32 Å². The topological polar surface area (TPSA) is 63.2 Å². The molecule has 0 aromatic rings. The first-order chi connectivity index (χ1) is 12.3. The standard InChI is InChI=1S/C22H33NO3/c1-4-19(26)23-20-18(25)12-17-15-6-5-13-11-14(24)7-9-21(13,2)16(15)8-10-22(17,20)3/h13,15-17,20H,4-12H2,1-3H3,(H,23,26)/t13?,15-,16-,17+,20?,21+,22+/m1/s1. The van der Waals surface area contributed by atoms with Crippen molar-refractivity contribution in [3.63, 3.8) is 0 Å². The molecule has 0 aromatic carbocycles. The van der Waals surface area contributed by atoms with Gasteiger partial charge in [0.05, 0.1) is 6.04 Å². The largest absolute Gasteiger partial charge is 0.346 e. The zero-order valence-electron chi connectivity index (χ0n) is 16.5. The van der Waals surface area contributed by atoms with E-state index in [0.29, 0.717) is 42.3 Å². The molecule has 0 aromatic heterocycles. The number of nitrogens with one attached hydrogen (secondary N) is 1. The first kappa shape index (κ1) is 18.2. The van der Waals surface area contributed by atoms with E-state index in [1.807, 2.05) is 6.92 Å². The number of fused-ring (bicyclic) bond motifs is 5. The predicted molar refractivity (Wildman–Crippen MR) is 99.3 cm³/mol. The van der Waals surface area contributed by atoms with Crippen LogP contribution in [0.1, 0.15) is 78.6 Å². The van der Waals surface area contributed by atoms with Gasteiger partial charge in [-0.3, -0.25) is 14.4 Å². The van der Waals surface area contributed by atoms with Crippen LogP contribution in [0.5, 0.6) is 0 Å². The number of ketones is 2. The minimum atomic E-state index is -0.292. The van der Waals surface area contributed by atoms with Gasteiger partial charge in [0.25, 0.3) is 0 Å². The number of hydrogen-bond donors (Lipinski definition) is 1. The van der Waals surface area contributed by atoms with Crippen molar-refractivity contribution in [2.24, 2.45) is 34.5 Å². The Balaban J connectivity index is 1.60. The van der Waals surface area contributed by atoms with E-state index in [1.165, 1.54) is 0 Å². The van der Waals surface area contributed by atoms with Gasteiger partial charge < -0.3 is 5.32 Å². The van der Waals surface area contributed by atoms with Crippen LogP contribution in [0.4, 0.5) is 0 Å². The summed E-state index contributed by atoms with van der Waals surface area (Å²) in [5, 5.41) is 3.05. The molecule has 4 aliphatic rings. The molecule has 0 bridgehead atoms. The molecule has 4 aliphatic carbocycles. The Hall–Kier alpha value is -1.19. The Kier molecular flexibility index (Phi) is 4.32. The average Bonchev–Trinajstić information content (AvgIpc) is 2.86. The quantitative estimate of drug-likeness (QED) is 0.818. The highest BCUT2D eigenvalue weighted by Gasteiger charge is 2.62. The van der Waals surface area contributed by atoms with Gasteiger partial charge in [-0.1, -0.05) is 20.8 Å². The number of amides is 1. The van der Waals surface area contributed by atoms with Crippen LogP contribution in [0.25, 0.3) is 0 Å². The third kappa shape index (κ3) is 2.51. The highest BCUT2D eigenvalue weighted by Crippen LogP contribution is 2.65. The third-order valence-electron chi connectivity index (χ3n) is 8.95. The SMILES string of the molecule is CCC(=O)NC1C(=O)C[C@H]2[C@@H]3CCC4CC(=O)CC[C@]4(C)[C@@H]3CC[C@]12C. The van der Waals surface area contributed by atoms with Crippen LogP contribution in [0, 0.1) is 34.5 Å². The lowest BCUT2D eigenvalue weighted by Crippen LogP contribution is -2.56. The van der Waals surface area contributed by atoms with E-state index in [0.717, 1.165) is 44.9 Å². The van der Waals surface area contributed by atoms with Gasteiger partial charge in [0.1, 0.15) is 5.78 Å². The number of carbonyl (C=O) groups is 3. The molecule has 144 valence electrons. The molecule has 0 aliphatic heterocycles. The van der Waals surface area contributed by atoms with Crippen molar-refractivity contribution in [3.8, 4) is 0 Å². The molecule has 1 N–H and O–H groups in total. The molecule has 4 fully saturated rings. The molecule has 4 nitrogen and oxygen atoms in total. The highest BCUT2D eigenvalue weighted by molar-refractivity contribution is 5.92. The fraction of sp³-hybridized carbons (Fsp3) is 0.864. The lowest BCUT2D eigenvalue weighted by molar-refractivity contribution is -0.139. The van der Waals surface area contributed by atoms with Gasteiger partial charge in [0.2, 0.25) is 5.91 Å². The highest BCUT2D eigenvalue weighted by atomic mass is 16.2. The third-order valence-corrected chi connectivity index (χ3v) is 8.95. The van der Waals surface area contributed by atoms with E-state index in [4.69, 9.17) is 0 Å². The van der Waals surface area contributed by atoms with Crippen LogP contribution in [-0.2, 0) is 14.4 Å². The first-order valence-electron chi connectivity index (χ1n) is 10.6. The second kappa shape index (κ2) is 6.17. The van der Waals surface area contributed by atoms with Crippen molar-refractivity contribution in [3.05, 3.63) is 0 Å². The number of carbonyl (C=O) groups excluding carboxylic acids is 3. The Morgan fingerprint density at radius 1 is 1.04 bits per heavy atom. The van der Waals surface area contributed by atoms with Crippen LogP contribution in [0.2, 0.25) is 0 Å². The molecule has 0 heterocycles. The second-order valence-corrected chi connectivity index (χ2v) is 9.97. The summed E-state index contributed by atoms with van der Waals surface area (Å²) in [7, 11) is 0. The molecule has 7 atom stereocenters. The molecule has 0 spiro atoms. The van der Waals surface area contributed by atoms with Crippen molar-refractivity contribution in [2.45, 2.75) is 84.6 Å². The summed E-state index contributed by atoms with van der Waals surface area (Å²) < 4.78 is 0. The molecule has 1 amide bonds. The van der Waals surface area contributed by atoms with E-state index in [9.17, 15) is 14.4 Å². The number of rotatable bonds is 2. The summed E-state index contributed by atoms with van der Waals surface area (Å²) >= 11 is 0. The van der Waals surface area contributed by atoms with Crippen LogP contribution >= 0.6 is 0 Å². The van der Waals surface area contributed by atoms with E-state index < -0.39 is 0 Å². The Morgan fingerprint density at radius 3 is 2.54 bits per heavy atom. The first-order valence-corrected chi connectivity index (χ1v) is 10.6. The van der Waals surface area contributed by atoms with Gasteiger partial charge in [-0.25, -0.2) is 0 Å². The molecule has 0 saturated heterocycles. The average molecular weight is 360 g/mol. The van der Waals surface area contributed by atoms with Crippen LogP contribution in [-0.4, -0.2) is 23.5 Å². The lowest BCUT2D eigenvalue weighted by Gasteiger charge is -2.60. The molecular weight excluding hydrogens is 326 g/mol. The lowest BCUT2D eigenvalue weighted by atomic mass is 9.45. The normalized spacial score (nSPS) is 47.7. The summed E-state index contributed by atoms with van der Waals surface area (Å²) in [4.78, 5) is 36.8. The van der Waals surface area contributed by atoms with Gasteiger partial charge in [-0.15, -0.1) is 0 Å². The Bertz CT molecular complexity index is 643. The molecule has 26 heavy (non-hydrogen) atoms. The smallest absolute Gasteiger partial charge is 0.220 e. The van der Waals surface area contributed by atoms with Crippen LogP contribution in [0.3, 0.4) is 0 Å². The summed E-state index contributed by atoms with van der Waals surface area (Å²) in [6, 6.07) is -0.292. The van der Waals surface area contributed by atoms with E-state index >= 15 is 0 Å². The minimum absolute atomic E-state index is 0.00573. The van der Waals surface area contributed by atoms with Gasteiger partial charge in [0.15, 0.2) is 5.78 Å². The van der Waals surface area contributed by atoms with Crippen molar-refractivity contribution in [1.82, 2.24) is 5.32 Å². The van der Waals surface area contributed by atoms with Gasteiger partial charge in [0, 0.05) is 25.7 Å². The predicted octanol–water partition coefficient (Wildman–Crippen LogP) is 3.67. The minimum Gasteiger partial charge on any atom is -0.346 e. The molecule has 2 unspecified atom stereocenters. The van der Waals surface area contributed by atoms with E-state index in [-0.39, 0.29) is 28.6 Å². The zero-order chi connectivity index (χ0) is 18.7. The maximum absolute atomic E-state index is 12.8. The monoisotopic (exact) mass is 359 g/mol. The maximum Gasteiger partial charge on any atom is 0.220 e. The van der Waals surface area contributed by atoms with Crippen LogP contribution in [0.15, 0.2) is 0 Å². The number of Topliss-reactive ketones (excluding diaryl/α,β-unsaturated/α-hetero) is 2. The van der Waals surface area contributed by atoms with Crippen molar-refractivity contribution in [2.75, 3.05) is 0 Å². The zero-order valence-corrected chi connectivity index (χ0v) is 16.5. The molecule has 4 saturated carbocycles. The van der Waals surface area contributed by atoms with Crippen molar-refractivity contribution in [1.29, 1.82) is 0 Å². The Morgan fingerprint density at radius 2 is 1.81 bits per heavy atom. The molecular formula is C22H33NO3. The summed E-state index contributed by atoms with van der Waals surface area (Å²) in [5.41, 5.74) is 0.183. The van der Waals surface area contributed by atoms with E-state index in [2.05, 4.69) is 19.2 Å². The summed E-state index contributed by atoms with van der Waals surface area (Å²) in [6.07, 6.45) is 8.07. The van der Waals surface area contributed by atoms with Gasteiger partial charge in [-0.2, -0.15) is 0 Å². The molecule has 4 heteroatoms. The summed E-state index contributed by atoms with van der Waals surface area (Å²) in [6.45, 7) is 6.52. The van der Waals surface area contributed by atoms with Crippen molar-refractivity contribution >= 4 is 17.5 Å². The van der Waals surface area contributed by atoms with Gasteiger partial charge in [-0.05, 0) is 66.6 Å². The number of hydrogen-bond acceptors (Lipinski definition) is 3. The fourth-order valence-corrected chi connectivity index (χ4v) is 7.35. The van der Waals surface area contributed by atoms with Crippen molar-refractivity contribution < 1.29 is 14.4 Å². The summed E-state index contributed by atoms with van der Waals surface area (Å²) in [5.74, 6) is 2.84. The van der Waals surface area contributed by atoms with E-state index in [1.54, 1.807) is 0 Å². The Labute approximate surface area is 156 Å². The molecule has 0 radical (unpaired) electrons. The fourth-order valence-electron chi connectivity index (χ4n) is 7.35.